The van der Waals surface area contributed by atoms with E-state index in [4.69, 9.17) is 16.3 Å². The smallest absolute Gasteiger partial charge is 0.291 e. The molecule has 1 atom stereocenters. The van der Waals surface area contributed by atoms with Crippen LogP contribution in [0.3, 0.4) is 0 Å². The van der Waals surface area contributed by atoms with E-state index in [0.717, 1.165) is 6.08 Å². The average molecular weight is 333 g/mol. The molecule has 120 valence electrons. The summed E-state index contributed by atoms with van der Waals surface area (Å²) < 4.78 is 31.3. The Bertz CT molecular complexity index is 624. The van der Waals surface area contributed by atoms with Crippen molar-refractivity contribution in [3.05, 3.63) is 40.6 Å². The van der Waals surface area contributed by atoms with Gasteiger partial charge in [0.2, 0.25) is 5.72 Å². The standard InChI is InChI=1S/C14H15ClF2N2O3/c1-8-5-10(15)3-4-11(8)22-7-12(20)19-14(21,13(16)17)6-9(2)18-19/h3-6,13,18,21H,7H2,1-2H3. The Kier molecular flexibility index (Phi) is 4.58. The molecule has 0 fully saturated rings. The van der Waals surface area contributed by atoms with Crippen LogP contribution in [0.1, 0.15) is 12.5 Å². The summed E-state index contributed by atoms with van der Waals surface area (Å²) in [5.41, 5.74) is 0.669. The zero-order valence-electron chi connectivity index (χ0n) is 11.9. The van der Waals surface area contributed by atoms with Crippen LogP contribution in [0, 0.1) is 6.92 Å². The van der Waals surface area contributed by atoms with Crippen LogP contribution in [-0.4, -0.2) is 34.8 Å². The van der Waals surface area contributed by atoms with Crippen molar-refractivity contribution in [2.75, 3.05) is 6.61 Å². The maximum absolute atomic E-state index is 13.0. The van der Waals surface area contributed by atoms with E-state index in [1.165, 1.54) is 6.92 Å². The van der Waals surface area contributed by atoms with E-state index < -0.39 is 24.7 Å². The van der Waals surface area contributed by atoms with Gasteiger partial charge in [0.15, 0.2) is 6.61 Å². The number of aryl methyl sites for hydroxylation is 1. The maximum atomic E-state index is 13.0. The molecule has 1 heterocycles. The Balaban J connectivity index is 2.06. The Hall–Kier alpha value is -1.86. The molecule has 22 heavy (non-hydrogen) atoms. The highest BCUT2D eigenvalue weighted by molar-refractivity contribution is 6.30. The van der Waals surface area contributed by atoms with Crippen molar-refractivity contribution in [2.45, 2.75) is 26.0 Å². The van der Waals surface area contributed by atoms with Gasteiger partial charge in [0, 0.05) is 10.7 Å². The lowest BCUT2D eigenvalue weighted by molar-refractivity contribution is -0.184. The number of rotatable bonds is 4. The molecule has 2 rings (SSSR count). The number of hydrazine groups is 1. The number of benzene rings is 1. The Morgan fingerprint density at radius 3 is 2.77 bits per heavy atom. The van der Waals surface area contributed by atoms with Crippen LogP contribution < -0.4 is 10.2 Å². The number of ether oxygens (including phenoxy) is 1. The lowest BCUT2D eigenvalue weighted by atomic mass is 10.2. The van der Waals surface area contributed by atoms with Crippen molar-refractivity contribution >= 4 is 17.5 Å². The lowest BCUT2D eigenvalue weighted by Crippen LogP contribution is -2.57. The average Bonchev–Trinajstić information content (AvgIpc) is 2.74. The maximum Gasteiger partial charge on any atom is 0.291 e. The van der Waals surface area contributed by atoms with Crippen LogP contribution in [0.25, 0.3) is 0 Å². The fraction of sp³-hybridized carbons (Fsp3) is 0.357. The number of nitrogens with one attached hydrogen (secondary N) is 1. The van der Waals surface area contributed by atoms with Crippen LogP contribution in [-0.2, 0) is 4.79 Å². The van der Waals surface area contributed by atoms with Gasteiger partial charge in [-0.15, -0.1) is 0 Å². The summed E-state index contributed by atoms with van der Waals surface area (Å²) in [5, 5.41) is 10.9. The first-order chi connectivity index (χ1) is 10.2. The summed E-state index contributed by atoms with van der Waals surface area (Å²) in [4.78, 5) is 12.0. The molecule has 1 aliphatic heterocycles. The highest BCUT2D eigenvalue weighted by atomic mass is 35.5. The summed E-state index contributed by atoms with van der Waals surface area (Å²) in [6.45, 7) is 2.69. The fourth-order valence-electron chi connectivity index (χ4n) is 2.08. The number of hydrogen-bond donors (Lipinski definition) is 2. The van der Waals surface area contributed by atoms with Gasteiger partial charge in [-0.25, -0.2) is 13.8 Å². The molecule has 0 saturated heterocycles. The van der Waals surface area contributed by atoms with Crippen LogP contribution in [0.15, 0.2) is 30.0 Å². The summed E-state index contributed by atoms with van der Waals surface area (Å²) in [6, 6.07) is 4.81. The Labute approximate surface area is 131 Å². The molecule has 0 aliphatic carbocycles. The molecule has 0 spiro atoms. The second-order valence-corrected chi connectivity index (χ2v) is 5.39. The summed E-state index contributed by atoms with van der Waals surface area (Å²) in [5.74, 6) is -0.424. The van der Waals surface area contributed by atoms with Crippen molar-refractivity contribution < 1.29 is 23.4 Å². The van der Waals surface area contributed by atoms with E-state index in [0.29, 0.717) is 21.3 Å². The minimum Gasteiger partial charge on any atom is -0.483 e. The molecule has 0 bridgehead atoms. The lowest BCUT2D eigenvalue weighted by Gasteiger charge is -2.31. The topological polar surface area (TPSA) is 61.8 Å². The largest absolute Gasteiger partial charge is 0.483 e. The van der Waals surface area contributed by atoms with E-state index in [-0.39, 0.29) is 5.70 Å². The van der Waals surface area contributed by atoms with Crippen molar-refractivity contribution in [3.63, 3.8) is 0 Å². The van der Waals surface area contributed by atoms with E-state index >= 15 is 0 Å². The molecule has 0 aromatic heterocycles. The number of alkyl halides is 2. The monoisotopic (exact) mass is 332 g/mol. The van der Waals surface area contributed by atoms with Crippen LogP contribution in [0.2, 0.25) is 5.02 Å². The van der Waals surface area contributed by atoms with Crippen LogP contribution in [0.4, 0.5) is 8.78 Å². The number of carbonyl (C=O) groups is 1. The van der Waals surface area contributed by atoms with Crippen LogP contribution >= 0.6 is 11.6 Å². The van der Waals surface area contributed by atoms with E-state index in [1.807, 2.05) is 0 Å². The zero-order valence-corrected chi connectivity index (χ0v) is 12.7. The third-order valence-corrected chi connectivity index (χ3v) is 3.37. The number of carbonyl (C=O) groups excluding carboxylic acids is 1. The Morgan fingerprint density at radius 2 is 2.18 bits per heavy atom. The third-order valence-electron chi connectivity index (χ3n) is 3.13. The summed E-state index contributed by atoms with van der Waals surface area (Å²) >= 11 is 5.81. The normalized spacial score (nSPS) is 20.9. The van der Waals surface area contributed by atoms with Gasteiger partial charge in [0.25, 0.3) is 12.3 Å². The van der Waals surface area contributed by atoms with Gasteiger partial charge in [-0.2, -0.15) is 0 Å². The highest BCUT2D eigenvalue weighted by Crippen LogP contribution is 2.28. The molecule has 5 nitrogen and oxygen atoms in total. The first-order valence-electron chi connectivity index (χ1n) is 6.42. The van der Waals surface area contributed by atoms with Gasteiger partial charge in [0.05, 0.1) is 0 Å². The molecule has 0 radical (unpaired) electrons. The summed E-state index contributed by atoms with van der Waals surface area (Å²) in [6.07, 6.45) is -2.26. The quantitative estimate of drug-likeness (QED) is 0.887. The second kappa shape index (κ2) is 6.10. The van der Waals surface area contributed by atoms with Crippen molar-refractivity contribution in [2.24, 2.45) is 0 Å². The minimum absolute atomic E-state index is 0.249. The first-order valence-corrected chi connectivity index (χ1v) is 6.80. The van der Waals surface area contributed by atoms with Crippen LogP contribution in [0.5, 0.6) is 5.75 Å². The van der Waals surface area contributed by atoms with Gasteiger partial charge in [-0.3, -0.25) is 10.2 Å². The van der Waals surface area contributed by atoms with Crippen molar-refractivity contribution in [3.8, 4) is 5.75 Å². The molecule has 1 aromatic rings. The molecule has 1 unspecified atom stereocenters. The first kappa shape index (κ1) is 16.5. The van der Waals surface area contributed by atoms with E-state index in [1.54, 1.807) is 25.1 Å². The Morgan fingerprint density at radius 1 is 1.50 bits per heavy atom. The molecule has 2 N–H and O–H groups in total. The fourth-order valence-corrected chi connectivity index (χ4v) is 2.31. The number of hydrogen-bond acceptors (Lipinski definition) is 4. The molecule has 1 aliphatic rings. The van der Waals surface area contributed by atoms with Crippen molar-refractivity contribution in [1.29, 1.82) is 0 Å². The number of allylic oxidation sites excluding steroid dienone is 1. The predicted molar refractivity (Wildman–Crippen MR) is 76.4 cm³/mol. The SMILES string of the molecule is CC1=CC(O)(C(F)F)N(C(=O)COc2ccc(Cl)cc2C)N1. The number of aliphatic hydroxyl groups is 1. The molecule has 1 amide bonds. The predicted octanol–water partition coefficient (Wildman–Crippen LogP) is 2.23. The molecule has 1 aromatic carbocycles. The molecular formula is C14H15ClF2N2O3. The number of nitrogens with zero attached hydrogens (tertiary/aromatic N) is 1. The third kappa shape index (κ3) is 3.15. The summed E-state index contributed by atoms with van der Waals surface area (Å²) in [7, 11) is 0. The van der Waals surface area contributed by atoms with Gasteiger partial charge < -0.3 is 9.84 Å². The zero-order chi connectivity index (χ0) is 16.5. The minimum atomic E-state index is -3.15. The number of amides is 1. The molecular weight excluding hydrogens is 318 g/mol. The van der Waals surface area contributed by atoms with Gasteiger partial charge >= 0.3 is 0 Å². The molecule has 0 saturated carbocycles. The van der Waals surface area contributed by atoms with Crippen molar-refractivity contribution in [1.82, 2.24) is 10.4 Å². The highest BCUT2D eigenvalue weighted by Gasteiger charge is 2.48. The second-order valence-electron chi connectivity index (χ2n) is 4.95. The van der Waals surface area contributed by atoms with E-state index in [9.17, 15) is 18.7 Å². The van der Waals surface area contributed by atoms with Gasteiger partial charge in [-0.1, -0.05) is 11.6 Å². The van der Waals surface area contributed by atoms with Gasteiger partial charge in [-0.05, 0) is 43.7 Å². The van der Waals surface area contributed by atoms with E-state index in [2.05, 4.69) is 5.43 Å². The number of halogens is 3. The van der Waals surface area contributed by atoms with Gasteiger partial charge in [0.1, 0.15) is 5.75 Å². The molecule has 8 heteroatoms.